The maximum atomic E-state index is 8.39. The first-order chi connectivity index (χ1) is 5.33. The first-order valence-electron chi connectivity index (χ1n) is 3.95. The van der Waals surface area contributed by atoms with Crippen molar-refractivity contribution in [2.75, 3.05) is 0 Å². The molecule has 0 atom stereocenters. The third-order valence-corrected chi connectivity index (χ3v) is 1.34. The van der Waals surface area contributed by atoms with Crippen LogP contribution in [-0.2, 0) is 0 Å². The molecular formula is C9H14N2. The molecule has 11 heavy (non-hydrogen) atoms. The largest absolute Gasteiger partial charge is 0.265 e. The fraction of sp³-hybridized carbons (Fsp3) is 0.556. The van der Waals surface area contributed by atoms with Crippen LogP contribution in [0.15, 0.2) is 16.8 Å². The van der Waals surface area contributed by atoms with Gasteiger partial charge >= 0.3 is 0 Å². The normalized spacial score (nSPS) is 15.1. The van der Waals surface area contributed by atoms with Gasteiger partial charge in [-0.3, -0.25) is 4.99 Å². The van der Waals surface area contributed by atoms with Crippen molar-refractivity contribution in [3.63, 3.8) is 0 Å². The first-order valence-corrected chi connectivity index (χ1v) is 3.95. The van der Waals surface area contributed by atoms with Crippen molar-refractivity contribution in [3.8, 4) is 6.07 Å². The van der Waals surface area contributed by atoms with Crippen molar-refractivity contribution in [3.05, 3.63) is 11.8 Å². The zero-order chi connectivity index (χ0) is 8.69. The smallest absolute Gasteiger partial charge is 0.0963 e. The van der Waals surface area contributed by atoms with E-state index < -0.39 is 0 Å². The van der Waals surface area contributed by atoms with Gasteiger partial charge in [0.05, 0.1) is 6.07 Å². The Bertz CT molecular complexity index is 206. The third kappa shape index (κ3) is 3.57. The number of nitrogens with zero attached hydrogens (tertiary/aromatic N) is 2. The molecule has 0 amide bonds. The molecule has 1 aliphatic heterocycles. The number of hydrogen-bond acceptors (Lipinski definition) is 2. The molecule has 1 heterocycles. The van der Waals surface area contributed by atoms with Gasteiger partial charge < -0.3 is 0 Å². The Morgan fingerprint density at radius 3 is 2.45 bits per heavy atom. The zero-order valence-electron chi connectivity index (χ0n) is 7.39. The van der Waals surface area contributed by atoms with Crippen LogP contribution in [0.2, 0.25) is 0 Å². The van der Waals surface area contributed by atoms with E-state index in [0.717, 1.165) is 24.1 Å². The molecule has 2 nitrogen and oxygen atoms in total. The summed E-state index contributed by atoms with van der Waals surface area (Å²) in [6.07, 6.45) is 3.46. The average molecular weight is 150 g/mol. The van der Waals surface area contributed by atoms with Gasteiger partial charge in [0.2, 0.25) is 0 Å². The molecule has 0 saturated heterocycles. The number of nitriles is 1. The third-order valence-electron chi connectivity index (χ3n) is 1.34. The molecule has 60 valence electrons. The van der Waals surface area contributed by atoms with Gasteiger partial charge in [0.1, 0.15) is 0 Å². The highest BCUT2D eigenvalue weighted by Crippen LogP contribution is 2.10. The first kappa shape index (κ1) is 9.90. The van der Waals surface area contributed by atoms with Crippen LogP contribution in [0, 0.1) is 11.3 Å². The highest BCUT2D eigenvalue weighted by molar-refractivity contribution is 5.83. The summed E-state index contributed by atoms with van der Waals surface area (Å²) in [6.45, 7) is 5.98. The van der Waals surface area contributed by atoms with E-state index in [0.29, 0.717) is 0 Å². The van der Waals surface area contributed by atoms with Crippen molar-refractivity contribution in [2.45, 2.75) is 33.6 Å². The number of allylic oxidation sites excluding steroid dienone is 1. The second-order valence-electron chi connectivity index (χ2n) is 2.13. The number of hydrogen-bond donors (Lipinski definition) is 0. The number of rotatable bonds is 0. The quantitative estimate of drug-likeness (QED) is 0.523. The monoisotopic (exact) mass is 150 g/mol. The Morgan fingerprint density at radius 2 is 2.09 bits per heavy atom. The molecule has 0 saturated carbocycles. The van der Waals surface area contributed by atoms with E-state index in [1.807, 2.05) is 20.8 Å². The van der Waals surface area contributed by atoms with E-state index in [2.05, 4.69) is 11.1 Å². The molecule has 0 fully saturated rings. The molecular weight excluding hydrogens is 136 g/mol. The molecule has 0 aliphatic carbocycles. The second-order valence-corrected chi connectivity index (χ2v) is 2.13. The summed E-state index contributed by atoms with van der Waals surface area (Å²) in [7, 11) is 0. The lowest BCUT2D eigenvalue weighted by molar-refractivity contribution is 1.01. The van der Waals surface area contributed by atoms with Crippen molar-refractivity contribution >= 4 is 5.71 Å². The minimum atomic E-state index is 0.792. The van der Waals surface area contributed by atoms with Crippen LogP contribution >= 0.6 is 0 Å². The summed E-state index contributed by atoms with van der Waals surface area (Å²) >= 11 is 0. The maximum absolute atomic E-state index is 8.39. The van der Waals surface area contributed by atoms with E-state index in [-0.39, 0.29) is 0 Å². The zero-order valence-corrected chi connectivity index (χ0v) is 7.39. The van der Waals surface area contributed by atoms with Gasteiger partial charge in [0, 0.05) is 17.5 Å². The summed E-state index contributed by atoms with van der Waals surface area (Å²) in [4.78, 5) is 4.01. The fourth-order valence-electron chi connectivity index (χ4n) is 0.718. The van der Waals surface area contributed by atoms with Crippen molar-refractivity contribution in [1.29, 1.82) is 5.26 Å². The maximum Gasteiger partial charge on any atom is 0.0963 e. The van der Waals surface area contributed by atoms with Crippen LogP contribution in [0.1, 0.15) is 33.6 Å². The Kier molecular flexibility index (Phi) is 5.10. The van der Waals surface area contributed by atoms with Gasteiger partial charge in [0.15, 0.2) is 0 Å². The van der Waals surface area contributed by atoms with Gasteiger partial charge in [-0.15, -0.1) is 0 Å². The fourth-order valence-corrected chi connectivity index (χ4v) is 0.718. The lowest BCUT2D eigenvalue weighted by Gasteiger charge is -2.02. The van der Waals surface area contributed by atoms with Gasteiger partial charge in [-0.25, -0.2) is 0 Å². The average Bonchev–Trinajstić information content (AvgIpc) is 2.10. The van der Waals surface area contributed by atoms with Crippen molar-refractivity contribution in [2.24, 2.45) is 4.99 Å². The molecule has 0 N–H and O–H groups in total. The highest BCUT2D eigenvalue weighted by Gasteiger charge is 2.01. The Labute approximate surface area is 68.3 Å². The second kappa shape index (κ2) is 5.67. The van der Waals surface area contributed by atoms with Crippen LogP contribution in [0.4, 0.5) is 0 Å². The lowest BCUT2D eigenvalue weighted by Crippen LogP contribution is -1.96. The van der Waals surface area contributed by atoms with Crippen LogP contribution in [0.25, 0.3) is 0 Å². The van der Waals surface area contributed by atoms with Gasteiger partial charge in [-0.1, -0.05) is 13.8 Å². The van der Waals surface area contributed by atoms with E-state index in [1.54, 1.807) is 6.20 Å². The summed E-state index contributed by atoms with van der Waals surface area (Å²) in [5, 5.41) is 8.39. The molecule has 0 aromatic carbocycles. The van der Waals surface area contributed by atoms with Crippen molar-refractivity contribution in [1.82, 2.24) is 0 Å². The van der Waals surface area contributed by atoms with Crippen LogP contribution in [0.5, 0.6) is 0 Å². The van der Waals surface area contributed by atoms with E-state index in [9.17, 15) is 0 Å². The lowest BCUT2D eigenvalue weighted by atomic mass is 10.1. The summed E-state index contributed by atoms with van der Waals surface area (Å²) in [5.41, 5.74) is 1.91. The van der Waals surface area contributed by atoms with Crippen molar-refractivity contribution < 1.29 is 0 Å². The highest BCUT2D eigenvalue weighted by atomic mass is 14.7. The predicted molar refractivity (Wildman–Crippen MR) is 47.4 cm³/mol. The minimum absolute atomic E-state index is 0.792. The molecule has 1 aliphatic rings. The van der Waals surface area contributed by atoms with E-state index in [4.69, 9.17) is 5.26 Å². The summed E-state index contributed by atoms with van der Waals surface area (Å²) in [6, 6.07) is 2.08. The standard InChI is InChI=1S/C7H8N2.C2H6/c1-6-2-3-7(4-8)5-9-6;1-2/h5H,2-3H2,1H3;1-2H3. The minimum Gasteiger partial charge on any atom is -0.265 e. The van der Waals surface area contributed by atoms with Crippen LogP contribution in [-0.4, -0.2) is 5.71 Å². The molecule has 2 heteroatoms. The summed E-state index contributed by atoms with van der Waals surface area (Å²) in [5.74, 6) is 0. The molecule has 0 bridgehead atoms. The SMILES string of the molecule is CC.CC1=NC=C(C#N)CC1. The molecule has 0 aromatic heterocycles. The molecule has 0 aromatic rings. The van der Waals surface area contributed by atoms with Crippen LogP contribution in [0.3, 0.4) is 0 Å². The van der Waals surface area contributed by atoms with E-state index in [1.165, 1.54) is 0 Å². The predicted octanol–water partition coefficient (Wildman–Crippen LogP) is 2.67. The Hall–Kier alpha value is -1.10. The van der Waals surface area contributed by atoms with Gasteiger partial charge in [0.25, 0.3) is 0 Å². The topological polar surface area (TPSA) is 36.1 Å². The van der Waals surface area contributed by atoms with Gasteiger partial charge in [-0.2, -0.15) is 5.26 Å². The Balaban J connectivity index is 0.000000461. The van der Waals surface area contributed by atoms with Gasteiger partial charge in [-0.05, 0) is 19.8 Å². The molecule has 0 radical (unpaired) electrons. The van der Waals surface area contributed by atoms with Crippen LogP contribution < -0.4 is 0 Å². The number of aliphatic imine (C=N–C) groups is 1. The Morgan fingerprint density at radius 1 is 1.45 bits per heavy atom. The molecule has 0 spiro atoms. The molecule has 0 unspecified atom stereocenters. The summed E-state index contributed by atoms with van der Waals surface area (Å²) < 4.78 is 0. The van der Waals surface area contributed by atoms with E-state index >= 15 is 0 Å². The molecule has 1 rings (SSSR count).